The van der Waals surface area contributed by atoms with Crippen LogP contribution in [-0.4, -0.2) is 39.3 Å². The van der Waals surface area contributed by atoms with Crippen LogP contribution < -0.4 is 9.47 Å². The number of aromatic nitrogens is 1. The lowest BCUT2D eigenvalue weighted by Crippen LogP contribution is -2.28. The zero-order valence-corrected chi connectivity index (χ0v) is 21.6. The van der Waals surface area contributed by atoms with Gasteiger partial charge in [0.25, 0.3) is 5.91 Å². The lowest BCUT2D eigenvalue weighted by Gasteiger charge is -2.24. The average molecular weight is 588 g/mol. The molecule has 1 aliphatic heterocycles. The molecular formula is C27H17F4N3O6S. The zero-order valence-electron chi connectivity index (χ0n) is 20.8. The average Bonchev–Trinajstić information content (AvgIpc) is 3.59. The fourth-order valence-corrected chi connectivity index (χ4v) is 5.12. The molecule has 0 fully saturated rings. The van der Waals surface area contributed by atoms with Crippen LogP contribution in [0.4, 0.5) is 17.6 Å². The van der Waals surface area contributed by atoms with Crippen molar-refractivity contribution in [1.82, 2.24) is 10.2 Å². The standard InChI is InChI=1S/C27H17F4N3O6S/c1-38-23-17(3-2-4-21(23)39-12-16-11-20(27(36)37)33-40-16)26-34(25(35)22-18(30)9-15(29)10-19(22)31)32-24(41-26)13-5-7-14(28)8-6-13/h2-11,26H,12H2,1H3,(H,36,37). The van der Waals surface area contributed by atoms with E-state index in [0.29, 0.717) is 23.3 Å². The highest BCUT2D eigenvalue weighted by atomic mass is 32.2. The van der Waals surface area contributed by atoms with Gasteiger partial charge >= 0.3 is 5.97 Å². The third-order valence-electron chi connectivity index (χ3n) is 5.79. The normalized spacial score (nSPS) is 14.6. The molecule has 41 heavy (non-hydrogen) atoms. The van der Waals surface area contributed by atoms with Gasteiger partial charge in [-0.3, -0.25) is 4.79 Å². The fourth-order valence-electron chi connectivity index (χ4n) is 3.95. The van der Waals surface area contributed by atoms with Gasteiger partial charge in [-0.15, -0.1) is 0 Å². The van der Waals surface area contributed by atoms with Crippen LogP contribution in [0.25, 0.3) is 0 Å². The number of ether oxygens (including phenoxy) is 2. The molecule has 5 rings (SSSR count). The number of para-hydroxylation sites is 1. The minimum Gasteiger partial charge on any atom is -0.492 e. The number of halogens is 4. The highest BCUT2D eigenvalue weighted by molar-refractivity contribution is 8.14. The van der Waals surface area contributed by atoms with Crippen LogP contribution in [0.15, 0.2) is 70.3 Å². The van der Waals surface area contributed by atoms with Crippen LogP contribution in [0, 0.1) is 23.3 Å². The summed E-state index contributed by atoms with van der Waals surface area (Å²) >= 11 is 1.01. The van der Waals surface area contributed by atoms with Gasteiger partial charge in [0, 0.05) is 29.3 Å². The highest BCUT2D eigenvalue weighted by Crippen LogP contribution is 2.48. The van der Waals surface area contributed by atoms with E-state index >= 15 is 0 Å². The number of carboxylic acid groups (broad SMARTS) is 1. The van der Waals surface area contributed by atoms with Gasteiger partial charge in [-0.2, -0.15) is 5.10 Å². The number of hydrazone groups is 1. The molecule has 0 saturated carbocycles. The maximum Gasteiger partial charge on any atom is 0.358 e. The van der Waals surface area contributed by atoms with Crippen molar-refractivity contribution in [2.75, 3.05) is 7.11 Å². The van der Waals surface area contributed by atoms with Crippen LogP contribution >= 0.6 is 11.8 Å². The first-order valence-electron chi connectivity index (χ1n) is 11.6. The van der Waals surface area contributed by atoms with Gasteiger partial charge in [-0.1, -0.05) is 29.1 Å². The topological polar surface area (TPSA) is 114 Å². The number of hydrogen-bond donors (Lipinski definition) is 1. The number of amides is 1. The van der Waals surface area contributed by atoms with E-state index in [1.54, 1.807) is 12.1 Å². The maximum absolute atomic E-state index is 14.6. The number of carbonyl (C=O) groups is 2. The molecule has 2 heterocycles. The van der Waals surface area contributed by atoms with Gasteiger partial charge in [0.15, 0.2) is 23.0 Å². The van der Waals surface area contributed by atoms with Crippen LogP contribution in [-0.2, 0) is 6.61 Å². The summed E-state index contributed by atoms with van der Waals surface area (Å²) in [7, 11) is 1.33. The van der Waals surface area contributed by atoms with Crippen molar-refractivity contribution in [3.05, 3.63) is 112 Å². The second kappa shape index (κ2) is 11.3. The third-order valence-corrected chi connectivity index (χ3v) is 7.01. The van der Waals surface area contributed by atoms with E-state index in [9.17, 15) is 27.2 Å². The van der Waals surface area contributed by atoms with Gasteiger partial charge < -0.3 is 19.1 Å². The molecule has 0 saturated heterocycles. The Balaban J connectivity index is 1.53. The summed E-state index contributed by atoms with van der Waals surface area (Å²) in [6.07, 6.45) is 0. The van der Waals surface area contributed by atoms with Crippen LogP contribution in [0.3, 0.4) is 0 Å². The molecule has 1 N–H and O–H groups in total. The molecule has 0 radical (unpaired) electrons. The van der Waals surface area contributed by atoms with Gasteiger partial charge in [0.2, 0.25) is 0 Å². The van der Waals surface area contributed by atoms with Crippen molar-refractivity contribution in [3.8, 4) is 11.5 Å². The lowest BCUT2D eigenvalue weighted by atomic mass is 10.1. The van der Waals surface area contributed by atoms with E-state index in [2.05, 4.69) is 10.3 Å². The Morgan fingerprint density at radius 2 is 1.73 bits per heavy atom. The quantitative estimate of drug-likeness (QED) is 0.259. The Labute approximate surface area is 233 Å². The second-order valence-electron chi connectivity index (χ2n) is 8.43. The van der Waals surface area contributed by atoms with E-state index in [1.807, 2.05) is 0 Å². The number of thioether (sulfide) groups is 1. The molecule has 210 valence electrons. The molecule has 1 unspecified atom stereocenters. The Kier molecular flexibility index (Phi) is 7.66. The molecular weight excluding hydrogens is 570 g/mol. The Hall–Kier alpha value is -4.85. The van der Waals surface area contributed by atoms with Crippen molar-refractivity contribution >= 4 is 28.7 Å². The predicted molar refractivity (Wildman–Crippen MR) is 137 cm³/mol. The first-order valence-corrected chi connectivity index (χ1v) is 12.5. The molecule has 3 aromatic carbocycles. The number of benzene rings is 3. The Morgan fingerprint density at radius 3 is 2.37 bits per heavy atom. The Morgan fingerprint density at radius 1 is 1.02 bits per heavy atom. The molecule has 1 aliphatic rings. The van der Waals surface area contributed by atoms with Crippen molar-refractivity contribution in [3.63, 3.8) is 0 Å². The van der Waals surface area contributed by atoms with Crippen molar-refractivity contribution in [1.29, 1.82) is 0 Å². The number of methoxy groups -OCH3 is 1. The number of carboxylic acids is 1. The number of nitrogens with zero attached hydrogens (tertiary/aromatic N) is 3. The van der Waals surface area contributed by atoms with E-state index in [4.69, 9.17) is 19.1 Å². The summed E-state index contributed by atoms with van der Waals surface area (Å²) < 4.78 is 72.6. The molecule has 4 aromatic rings. The van der Waals surface area contributed by atoms with E-state index in [-0.39, 0.29) is 34.6 Å². The van der Waals surface area contributed by atoms with Crippen LogP contribution in [0.2, 0.25) is 0 Å². The summed E-state index contributed by atoms with van der Waals surface area (Å²) in [5, 5.41) is 16.7. The SMILES string of the molecule is COc1c(OCc2cc(C(=O)O)no2)cccc1C1SC(c2ccc(F)cc2)=NN1C(=O)c1c(F)cc(F)cc1F. The smallest absolute Gasteiger partial charge is 0.358 e. The van der Waals surface area contributed by atoms with Gasteiger partial charge in [0.1, 0.15) is 45.9 Å². The zero-order chi connectivity index (χ0) is 29.3. The summed E-state index contributed by atoms with van der Waals surface area (Å²) in [6.45, 7) is -0.232. The molecule has 0 aliphatic carbocycles. The molecule has 0 spiro atoms. The lowest BCUT2D eigenvalue weighted by molar-refractivity contribution is 0.0684. The van der Waals surface area contributed by atoms with Crippen LogP contribution in [0.1, 0.15) is 43.1 Å². The van der Waals surface area contributed by atoms with Gasteiger partial charge in [0.05, 0.1) is 7.11 Å². The van der Waals surface area contributed by atoms with Crippen molar-refractivity contribution < 1.29 is 46.3 Å². The molecule has 9 nitrogen and oxygen atoms in total. The van der Waals surface area contributed by atoms with E-state index in [1.165, 1.54) is 43.5 Å². The maximum atomic E-state index is 14.6. The molecule has 1 aromatic heterocycles. The van der Waals surface area contributed by atoms with Gasteiger partial charge in [-0.25, -0.2) is 27.4 Å². The minimum absolute atomic E-state index is 0.103. The molecule has 1 atom stereocenters. The molecule has 0 bridgehead atoms. The third kappa shape index (κ3) is 5.59. The second-order valence-corrected chi connectivity index (χ2v) is 9.50. The summed E-state index contributed by atoms with van der Waals surface area (Å²) in [6, 6.07) is 11.8. The first kappa shape index (κ1) is 27.7. The van der Waals surface area contributed by atoms with Crippen molar-refractivity contribution in [2.45, 2.75) is 12.0 Å². The summed E-state index contributed by atoms with van der Waals surface area (Å²) in [5.41, 5.74) is -0.614. The predicted octanol–water partition coefficient (Wildman–Crippen LogP) is 5.77. The minimum atomic E-state index is -1.42. The first-order chi connectivity index (χ1) is 19.7. The monoisotopic (exact) mass is 587 g/mol. The fraction of sp³-hybridized carbons (Fsp3) is 0.111. The summed E-state index contributed by atoms with van der Waals surface area (Å²) in [4.78, 5) is 24.5. The number of hydrogen-bond acceptors (Lipinski definition) is 8. The number of carbonyl (C=O) groups excluding carboxylic acids is 1. The molecule has 14 heteroatoms. The van der Waals surface area contributed by atoms with Gasteiger partial charge in [-0.05, 0) is 30.3 Å². The Bertz CT molecular complexity index is 1660. The number of rotatable bonds is 8. The van der Waals surface area contributed by atoms with Crippen molar-refractivity contribution in [2.24, 2.45) is 5.10 Å². The largest absolute Gasteiger partial charge is 0.492 e. The number of aromatic carboxylic acids is 1. The van der Waals surface area contributed by atoms with E-state index in [0.717, 1.165) is 16.8 Å². The highest BCUT2D eigenvalue weighted by Gasteiger charge is 2.39. The molecule has 1 amide bonds. The van der Waals surface area contributed by atoms with E-state index < -0.39 is 46.1 Å². The van der Waals surface area contributed by atoms with Crippen LogP contribution in [0.5, 0.6) is 11.5 Å². The summed E-state index contributed by atoms with van der Waals surface area (Å²) in [5.74, 6) is -6.65.